The molecule has 1 heterocycles. The second kappa shape index (κ2) is 13.5. The fourth-order valence-corrected chi connectivity index (χ4v) is 12.3. The van der Waals surface area contributed by atoms with E-state index in [0.717, 1.165) is 0 Å². The minimum Gasteiger partial charge on any atom is -0.310 e. The summed E-state index contributed by atoms with van der Waals surface area (Å²) in [4.78, 5) is 2.56. The number of rotatable bonds is 4. The molecule has 1 nitrogen and oxygen atoms in total. The van der Waals surface area contributed by atoms with E-state index in [9.17, 15) is 0 Å². The van der Waals surface area contributed by atoms with E-state index < -0.39 is 0 Å². The molecule has 0 atom stereocenters. The first-order chi connectivity index (χ1) is 29.2. The van der Waals surface area contributed by atoms with Crippen LogP contribution in [0.5, 0.6) is 0 Å². The molecule has 7 aromatic carbocycles. The second-order valence-corrected chi connectivity index (χ2v) is 23.3. The molecule has 0 unspecified atom stereocenters. The van der Waals surface area contributed by atoms with Crippen molar-refractivity contribution in [3.8, 4) is 33.4 Å². The lowest BCUT2D eigenvalue weighted by Gasteiger charge is -2.31. The lowest BCUT2D eigenvalue weighted by molar-refractivity contribution is 0.573. The van der Waals surface area contributed by atoms with Crippen LogP contribution in [0.1, 0.15) is 129 Å². The highest BCUT2D eigenvalue weighted by Gasteiger charge is 2.40. The third-order valence-corrected chi connectivity index (χ3v) is 15.6. The first-order valence-electron chi connectivity index (χ1n) is 22.6. The number of nitrogens with zero attached hydrogens (tertiary/aromatic N) is 1. The van der Waals surface area contributed by atoms with Gasteiger partial charge in [0.25, 0.3) is 0 Å². The van der Waals surface area contributed by atoms with E-state index in [2.05, 4.69) is 228 Å². The van der Waals surface area contributed by atoms with Gasteiger partial charge in [0.1, 0.15) is 0 Å². The number of anilines is 3. The summed E-state index contributed by atoms with van der Waals surface area (Å²) in [5.41, 5.74) is 21.1. The van der Waals surface area contributed by atoms with Gasteiger partial charge in [-0.15, -0.1) is 11.3 Å². The molecule has 62 heavy (non-hydrogen) atoms. The van der Waals surface area contributed by atoms with Crippen LogP contribution in [-0.4, -0.2) is 0 Å². The van der Waals surface area contributed by atoms with Gasteiger partial charge in [-0.1, -0.05) is 187 Å². The first-order valence-corrected chi connectivity index (χ1v) is 23.4. The van der Waals surface area contributed by atoms with Crippen LogP contribution < -0.4 is 4.90 Å². The lowest BCUT2D eigenvalue weighted by atomic mass is 9.79. The third kappa shape index (κ3) is 6.07. The Morgan fingerprint density at radius 2 is 0.952 bits per heavy atom. The summed E-state index contributed by atoms with van der Waals surface area (Å²) >= 11 is 1.97. The van der Waals surface area contributed by atoms with E-state index in [1.165, 1.54) is 110 Å². The van der Waals surface area contributed by atoms with E-state index in [1.54, 1.807) is 0 Å². The van der Waals surface area contributed by atoms with Crippen LogP contribution in [0.15, 0.2) is 133 Å². The van der Waals surface area contributed by atoms with Gasteiger partial charge in [-0.2, -0.15) is 0 Å². The molecule has 0 N–H and O–H groups in total. The predicted molar refractivity (Wildman–Crippen MR) is 271 cm³/mol. The van der Waals surface area contributed by atoms with Gasteiger partial charge in [0.15, 0.2) is 0 Å². The highest BCUT2D eigenvalue weighted by Crippen LogP contribution is 2.56. The number of fused-ring (bicyclic) bond motifs is 9. The van der Waals surface area contributed by atoms with E-state index in [-0.39, 0.29) is 27.1 Å². The molecular formula is C60H61NS. The second-order valence-electron chi connectivity index (χ2n) is 22.3. The number of para-hydroxylation sites is 1. The minimum absolute atomic E-state index is 0.00487. The number of thiophene rings is 1. The maximum absolute atomic E-state index is 2.56. The Bertz CT molecular complexity index is 3130. The van der Waals surface area contributed by atoms with Crippen molar-refractivity contribution < 1.29 is 0 Å². The Morgan fingerprint density at radius 3 is 1.63 bits per heavy atom. The Labute approximate surface area is 374 Å². The lowest BCUT2D eigenvalue weighted by Crippen LogP contribution is -2.18. The summed E-state index contributed by atoms with van der Waals surface area (Å²) in [5, 5.41) is 2.71. The molecule has 8 aromatic rings. The van der Waals surface area contributed by atoms with Crippen LogP contribution in [0.3, 0.4) is 0 Å². The van der Waals surface area contributed by atoms with Crippen molar-refractivity contribution >= 4 is 48.6 Å². The largest absolute Gasteiger partial charge is 0.310 e. The number of hydrogen-bond donors (Lipinski definition) is 0. The third-order valence-electron chi connectivity index (χ3n) is 14.3. The summed E-state index contributed by atoms with van der Waals surface area (Å²) in [5.74, 6) is 0. The Hall–Kier alpha value is -5.44. The molecule has 2 aliphatic rings. The average Bonchev–Trinajstić information content (AvgIpc) is 3.79. The van der Waals surface area contributed by atoms with Crippen molar-refractivity contribution in [3.63, 3.8) is 0 Å². The van der Waals surface area contributed by atoms with Crippen molar-refractivity contribution in [3.05, 3.63) is 172 Å². The molecule has 0 saturated heterocycles. The van der Waals surface area contributed by atoms with Crippen LogP contribution in [0, 0.1) is 0 Å². The maximum atomic E-state index is 2.56. The Kier molecular flexibility index (Phi) is 8.87. The molecule has 0 saturated carbocycles. The van der Waals surface area contributed by atoms with Gasteiger partial charge in [-0.25, -0.2) is 0 Å². The number of benzene rings is 7. The van der Waals surface area contributed by atoms with E-state index in [0.29, 0.717) is 0 Å². The molecule has 10 rings (SSSR count). The van der Waals surface area contributed by atoms with Crippen LogP contribution in [0.25, 0.3) is 53.6 Å². The van der Waals surface area contributed by atoms with Gasteiger partial charge in [0.05, 0.1) is 5.69 Å². The topological polar surface area (TPSA) is 3.24 Å². The zero-order valence-electron chi connectivity index (χ0n) is 39.1. The van der Waals surface area contributed by atoms with E-state index >= 15 is 0 Å². The SMILES string of the molecule is CC(C)(C)c1cc(C(C)(C)C)c2sc3c(-c4ccccc4N(c4ccc5c(c4)C(C)(C)c4ccccc4-5)c4ccc5c(c4)C(C)(C)c4cccc(C(C)(C)C)c4-5)cccc3c2c1. The zero-order chi connectivity index (χ0) is 43.9. The van der Waals surface area contributed by atoms with Gasteiger partial charge < -0.3 is 4.90 Å². The fraction of sp³-hybridized carbons (Fsp3) is 0.300. The quantitative estimate of drug-likeness (QED) is 0.171. The zero-order valence-corrected chi connectivity index (χ0v) is 39.9. The summed E-state index contributed by atoms with van der Waals surface area (Å²) < 4.78 is 2.75. The molecule has 0 fully saturated rings. The van der Waals surface area contributed by atoms with E-state index in [4.69, 9.17) is 0 Å². The maximum Gasteiger partial charge on any atom is 0.0540 e. The van der Waals surface area contributed by atoms with Gasteiger partial charge in [0.2, 0.25) is 0 Å². The van der Waals surface area contributed by atoms with Gasteiger partial charge in [-0.3, -0.25) is 0 Å². The van der Waals surface area contributed by atoms with Crippen molar-refractivity contribution in [1.29, 1.82) is 0 Å². The Morgan fingerprint density at radius 1 is 0.403 bits per heavy atom. The molecular weight excluding hydrogens is 767 g/mol. The summed E-state index contributed by atoms with van der Waals surface area (Å²) in [6.07, 6.45) is 0. The average molecular weight is 828 g/mol. The minimum atomic E-state index is -0.159. The molecule has 2 heteroatoms. The smallest absolute Gasteiger partial charge is 0.0540 e. The van der Waals surface area contributed by atoms with Gasteiger partial charge >= 0.3 is 0 Å². The summed E-state index contributed by atoms with van der Waals surface area (Å²) in [7, 11) is 0. The van der Waals surface area contributed by atoms with E-state index in [1.807, 2.05) is 11.3 Å². The van der Waals surface area contributed by atoms with Crippen LogP contribution in [-0.2, 0) is 27.1 Å². The monoisotopic (exact) mass is 827 g/mol. The van der Waals surface area contributed by atoms with Gasteiger partial charge in [0, 0.05) is 53.5 Å². The normalized spacial score (nSPS) is 15.1. The number of hydrogen-bond acceptors (Lipinski definition) is 2. The van der Waals surface area contributed by atoms with Crippen molar-refractivity contribution in [2.75, 3.05) is 4.90 Å². The highest BCUT2D eigenvalue weighted by molar-refractivity contribution is 7.26. The summed E-state index contributed by atoms with van der Waals surface area (Å²) in [6, 6.07) is 51.6. The highest BCUT2D eigenvalue weighted by atomic mass is 32.1. The van der Waals surface area contributed by atoms with Crippen molar-refractivity contribution in [2.24, 2.45) is 0 Å². The van der Waals surface area contributed by atoms with Crippen LogP contribution in [0.4, 0.5) is 17.1 Å². The molecule has 0 aliphatic heterocycles. The van der Waals surface area contributed by atoms with Crippen molar-refractivity contribution in [2.45, 2.75) is 117 Å². The molecule has 0 spiro atoms. The molecule has 312 valence electrons. The molecule has 0 radical (unpaired) electrons. The van der Waals surface area contributed by atoms with Gasteiger partial charge in [-0.05, 0) is 114 Å². The molecule has 0 bridgehead atoms. The van der Waals surface area contributed by atoms with Crippen LogP contribution >= 0.6 is 11.3 Å². The fourth-order valence-electron chi connectivity index (χ4n) is 10.8. The molecule has 0 amide bonds. The summed E-state index contributed by atoms with van der Waals surface area (Å²) in [6.45, 7) is 30.8. The molecule has 1 aromatic heterocycles. The standard InChI is InChI=1S/C60H61NS/c1-56(2,3)36-32-45-43-23-18-22-42(54(43)62-55(45)51(33-36)58(7,8)9)41-21-15-17-27-52(41)61(37-28-30-40-39-20-14-16-24-46(39)59(10,11)49(40)34-37)38-29-31-44-50(35-38)60(12,13)48-26-19-25-47(53(44)48)57(4,5)6/h14-35H,1-13H3. The molecule has 2 aliphatic carbocycles. The Balaban J connectivity index is 1.23. The first kappa shape index (κ1) is 40.6. The van der Waals surface area contributed by atoms with Crippen molar-refractivity contribution in [1.82, 2.24) is 0 Å². The predicted octanol–water partition coefficient (Wildman–Crippen LogP) is 17.7. The van der Waals surface area contributed by atoms with Crippen LogP contribution in [0.2, 0.25) is 0 Å².